The Kier molecular flexibility index (Phi) is 7.88. The average molecular weight is 718 g/mol. The molecule has 3 aliphatic carbocycles. The van der Waals surface area contributed by atoms with E-state index in [4.69, 9.17) is 0 Å². The maximum Gasteiger partial charge on any atom is 0.0543 e. The number of nitrogens with zero attached hydrogens (tertiary/aromatic N) is 1. The van der Waals surface area contributed by atoms with E-state index in [1.54, 1.807) is 5.56 Å². The van der Waals surface area contributed by atoms with Gasteiger partial charge >= 0.3 is 0 Å². The highest BCUT2D eigenvalue weighted by Crippen LogP contribution is 2.67. The molecule has 8 aromatic carbocycles. The van der Waals surface area contributed by atoms with Crippen LogP contribution in [0.25, 0.3) is 55.6 Å². The number of benzene rings is 8. The highest BCUT2D eigenvalue weighted by molar-refractivity contribution is 6.01. The first-order valence-corrected chi connectivity index (χ1v) is 20.3. The number of hydrogen-bond donors (Lipinski definition) is 0. The van der Waals surface area contributed by atoms with Crippen molar-refractivity contribution in [3.8, 4) is 55.6 Å². The van der Waals surface area contributed by atoms with Crippen molar-refractivity contribution < 1.29 is 0 Å². The van der Waals surface area contributed by atoms with Crippen molar-refractivity contribution in [2.24, 2.45) is 11.8 Å². The van der Waals surface area contributed by atoms with Crippen LogP contribution in [0.2, 0.25) is 0 Å². The number of rotatable bonds is 7. The highest BCUT2D eigenvalue weighted by atomic mass is 15.1. The molecule has 1 heteroatoms. The molecule has 0 N–H and O–H groups in total. The minimum Gasteiger partial charge on any atom is -0.309 e. The monoisotopic (exact) mass is 717 g/mol. The molecule has 1 nitrogen and oxygen atoms in total. The fourth-order valence-electron chi connectivity index (χ4n) is 10.9. The topological polar surface area (TPSA) is 3.24 Å². The van der Waals surface area contributed by atoms with Crippen LogP contribution in [-0.4, -0.2) is 0 Å². The van der Waals surface area contributed by atoms with Gasteiger partial charge in [0.1, 0.15) is 0 Å². The second-order valence-corrected chi connectivity index (χ2v) is 16.0. The second-order valence-electron chi connectivity index (χ2n) is 16.0. The van der Waals surface area contributed by atoms with Crippen molar-refractivity contribution in [2.45, 2.75) is 31.1 Å². The first kappa shape index (κ1) is 32.9. The molecule has 0 aliphatic heterocycles. The number of para-hydroxylation sites is 1. The fourth-order valence-corrected chi connectivity index (χ4v) is 10.9. The van der Waals surface area contributed by atoms with E-state index in [0.717, 1.165) is 11.6 Å². The van der Waals surface area contributed by atoms with Gasteiger partial charge in [-0.25, -0.2) is 0 Å². The molecule has 8 aromatic rings. The minimum absolute atomic E-state index is 0.0929. The molecular formula is C55H43N. The molecule has 0 aromatic heterocycles. The van der Waals surface area contributed by atoms with E-state index in [2.05, 4.69) is 205 Å². The number of anilines is 3. The Bertz CT molecular complexity index is 2730. The quantitative estimate of drug-likeness (QED) is 0.159. The van der Waals surface area contributed by atoms with Crippen LogP contribution >= 0.6 is 0 Å². The summed E-state index contributed by atoms with van der Waals surface area (Å²) < 4.78 is 0. The second kappa shape index (κ2) is 13.4. The van der Waals surface area contributed by atoms with Gasteiger partial charge < -0.3 is 4.90 Å². The molecule has 0 radical (unpaired) electrons. The molecule has 3 aliphatic rings. The molecular weight excluding hydrogens is 675 g/mol. The maximum atomic E-state index is 2.57. The SMILES string of the molecule is c1ccc(-c2cccc(N(c3ccccc3-c3ccccc3-c3ccccc3-c3ccccc3)c3cccc4c3-c3ccccc3C43CC4CCC3C4)c2)cc1. The van der Waals surface area contributed by atoms with Gasteiger partial charge in [-0.05, 0) is 111 Å². The zero-order valence-corrected chi connectivity index (χ0v) is 31.5. The zero-order valence-electron chi connectivity index (χ0n) is 31.5. The van der Waals surface area contributed by atoms with Crippen LogP contribution in [0.1, 0.15) is 36.8 Å². The summed E-state index contributed by atoms with van der Waals surface area (Å²) in [6.07, 6.45) is 5.32. The lowest BCUT2D eigenvalue weighted by Crippen LogP contribution is -2.31. The Morgan fingerprint density at radius 3 is 1.64 bits per heavy atom. The van der Waals surface area contributed by atoms with Crippen LogP contribution in [0.5, 0.6) is 0 Å². The molecule has 0 saturated heterocycles. The Balaban J connectivity index is 1.16. The number of fused-ring (bicyclic) bond motifs is 8. The molecule has 2 bridgehead atoms. The van der Waals surface area contributed by atoms with Gasteiger partial charge in [-0.3, -0.25) is 0 Å². The van der Waals surface area contributed by atoms with Crippen LogP contribution in [0.15, 0.2) is 200 Å². The van der Waals surface area contributed by atoms with Crippen LogP contribution in [0.3, 0.4) is 0 Å². The van der Waals surface area contributed by atoms with E-state index >= 15 is 0 Å². The molecule has 2 saturated carbocycles. The molecule has 1 spiro atoms. The van der Waals surface area contributed by atoms with Crippen molar-refractivity contribution in [3.63, 3.8) is 0 Å². The van der Waals surface area contributed by atoms with E-state index in [-0.39, 0.29) is 5.41 Å². The van der Waals surface area contributed by atoms with Gasteiger partial charge in [0.2, 0.25) is 0 Å². The van der Waals surface area contributed by atoms with E-state index < -0.39 is 0 Å². The van der Waals surface area contributed by atoms with Gasteiger partial charge in [0.05, 0.1) is 11.4 Å². The van der Waals surface area contributed by atoms with Crippen molar-refractivity contribution in [2.75, 3.05) is 4.90 Å². The van der Waals surface area contributed by atoms with Gasteiger partial charge in [-0.1, -0.05) is 182 Å². The van der Waals surface area contributed by atoms with Crippen molar-refractivity contribution in [1.82, 2.24) is 0 Å². The molecule has 3 atom stereocenters. The number of hydrogen-bond acceptors (Lipinski definition) is 1. The van der Waals surface area contributed by atoms with Gasteiger partial charge in [0.15, 0.2) is 0 Å². The lowest BCUT2D eigenvalue weighted by atomic mass is 9.67. The molecule has 11 rings (SSSR count). The Morgan fingerprint density at radius 2 is 0.929 bits per heavy atom. The minimum atomic E-state index is 0.0929. The van der Waals surface area contributed by atoms with Crippen LogP contribution in [-0.2, 0) is 5.41 Å². The smallest absolute Gasteiger partial charge is 0.0543 e. The van der Waals surface area contributed by atoms with E-state index in [1.165, 1.54) is 98.3 Å². The summed E-state index contributed by atoms with van der Waals surface area (Å²) in [6.45, 7) is 0. The van der Waals surface area contributed by atoms with Gasteiger partial charge in [-0.2, -0.15) is 0 Å². The highest BCUT2D eigenvalue weighted by Gasteiger charge is 2.57. The predicted molar refractivity (Wildman–Crippen MR) is 235 cm³/mol. The standard InChI is InChI=1S/C55H43N/c1-3-17-39(18-4-1)41-21-15-22-43(36-41)56(53-32-16-30-51-54(53)49-28-11-13-29-50(49)55(51)37-38-33-34-42(55)35-38)52-31-14-12-27-48(52)47-26-10-9-25-46(47)45-24-8-7-23-44(45)40-19-5-2-6-20-40/h1-32,36,38,42H,33-35,37H2. The van der Waals surface area contributed by atoms with Crippen molar-refractivity contribution in [3.05, 3.63) is 211 Å². The third-order valence-corrected chi connectivity index (χ3v) is 13.2. The molecule has 2 fully saturated rings. The van der Waals surface area contributed by atoms with Crippen LogP contribution < -0.4 is 4.90 Å². The summed E-state index contributed by atoms with van der Waals surface area (Å²) in [5.74, 6) is 1.51. The van der Waals surface area contributed by atoms with E-state index in [0.29, 0.717) is 5.92 Å². The molecule has 0 amide bonds. The van der Waals surface area contributed by atoms with Crippen LogP contribution in [0, 0.1) is 11.8 Å². The van der Waals surface area contributed by atoms with Crippen molar-refractivity contribution in [1.29, 1.82) is 0 Å². The normalized spacial score (nSPS) is 18.9. The average Bonchev–Trinajstić information content (AvgIpc) is 3.98. The zero-order chi connectivity index (χ0) is 37.1. The van der Waals surface area contributed by atoms with E-state index in [1.807, 2.05) is 0 Å². The summed E-state index contributed by atoms with van der Waals surface area (Å²) in [5.41, 5.74) is 19.3. The molecule has 3 unspecified atom stereocenters. The lowest BCUT2D eigenvalue weighted by Gasteiger charge is -2.37. The molecule has 56 heavy (non-hydrogen) atoms. The lowest BCUT2D eigenvalue weighted by molar-refractivity contribution is 0.327. The largest absolute Gasteiger partial charge is 0.309 e. The van der Waals surface area contributed by atoms with Gasteiger partial charge in [-0.15, -0.1) is 0 Å². The first-order valence-electron chi connectivity index (χ1n) is 20.3. The summed E-state index contributed by atoms with van der Waals surface area (Å²) in [7, 11) is 0. The van der Waals surface area contributed by atoms with Crippen LogP contribution in [0.4, 0.5) is 17.1 Å². The van der Waals surface area contributed by atoms with Crippen molar-refractivity contribution >= 4 is 17.1 Å². The first-order chi connectivity index (χ1) is 27.8. The Morgan fingerprint density at radius 1 is 0.393 bits per heavy atom. The Hall–Kier alpha value is -6.44. The predicted octanol–water partition coefficient (Wildman–Crippen LogP) is 14.9. The third kappa shape index (κ3) is 5.15. The summed E-state index contributed by atoms with van der Waals surface area (Å²) in [6, 6.07) is 74.2. The van der Waals surface area contributed by atoms with E-state index in [9.17, 15) is 0 Å². The molecule has 0 heterocycles. The fraction of sp³-hybridized carbons (Fsp3) is 0.127. The van der Waals surface area contributed by atoms with Gasteiger partial charge in [0, 0.05) is 22.2 Å². The summed E-state index contributed by atoms with van der Waals surface area (Å²) in [4.78, 5) is 2.57. The maximum absolute atomic E-state index is 2.57. The summed E-state index contributed by atoms with van der Waals surface area (Å²) in [5, 5.41) is 0. The van der Waals surface area contributed by atoms with Gasteiger partial charge in [0.25, 0.3) is 0 Å². The summed E-state index contributed by atoms with van der Waals surface area (Å²) >= 11 is 0. The molecule has 268 valence electrons. The third-order valence-electron chi connectivity index (χ3n) is 13.2. The Labute approximate surface area is 330 Å².